The highest BCUT2D eigenvalue weighted by Gasteiger charge is 2.58. The van der Waals surface area contributed by atoms with E-state index in [1.807, 2.05) is 81.5 Å². The number of esters is 1. The van der Waals surface area contributed by atoms with Gasteiger partial charge in [-0.15, -0.1) is 0 Å². The number of benzene rings is 2. The summed E-state index contributed by atoms with van der Waals surface area (Å²) in [5.74, 6) is -3.07. The molecule has 1 fully saturated rings. The van der Waals surface area contributed by atoms with Gasteiger partial charge in [0.2, 0.25) is 11.8 Å². The Morgan fingerprint density at radius 1 is 1.03 bits per heavy atom. The summed E-state index contributed by atoms with van der Waals surface area (Å²) < 4.78 is 5.46. The Hall–Kier alpha value is -3.45. The molecule has 39 heavy (non-hydrogen) atoms. The summed E-state index contributed by atoms with van der Waals surface area (Å²) in [5.41, 5.74) is 3.51. The van der Waals surface area contributed by atoms with Crippen LogP contribution in [0, 0.1) is 37.5 Å². The lowest BCUT2D eigenvalue weighted by atomic mass is 9.69. The number of para-hydroxylation sites is 1. The van der Waals surface area contributed by atoms with Crippen LogP contribution < -0.4 is 5.32 Å². The molecule has 2 aliphatic rings. The normalized spacial score (nSPS) is 24.8. The van der Waals surface area contributed by atoms with Crippen LogP contribution in [0.3, 0.4) is 0 Å². The van der Waals surface area contributed by atoms with Crippen LogP contribution >= 0.6 is 0 Å². The third-order valence-electron chi connectivity index (χ3n) is 8.14. The van der Waals surface area contributed by atoms with Crippen LogP contribution in [0.25, 0.3) is 0 Å². The Morgan fingerprint density at radius 2 is 1.72 bits per heavy atom. The first-order valence-corrected chi connectivity index (χ1v) is 14.0. The maximum absolute atomic E-state index is 14.3. The molecule has 2 aromatic rings. The third kappa shape index (κ3) is 5.78. The molecule has 0 aromatic heterocycles. The fourth-order valence-corrected chi connectivity index (χ4v) is 6.35. The first-order chi connectivity index (χ1) is 18.8. The summed E-state index contributed by atoms with van der Waals surface area (Å²) >= 11 is 0. The number of fused-ring (bicyclic) bond motifs is 1. The number of ether oxygens (including phenoxy) is 1. The van der Waals surface area contributed by atoms with E-state index in [2.05, 4.69) is 5.32 Å². The number of rotatable bonds is 10. The van der Waals surface area contributed by atoms with Crippen LogP contribution in [0.1, 0.15) is 43.4 Å². The number of aryl methyl sites for hydroxylation is 2. The van der Waals surface area contributed by atoms with Crippen molar-refractivity contribution in [2.75, 3.05) is 18.5 Å². The van der Waals surface area contributed by atoms with Gasteiger partial charge in [0.15, 0.2) is 0 Å². The molecule has 0 spiro atoms. The largest absolute Gasteiger partial charge is 0.466 e. The van der Waals surface area contributed by atoms with E-state index >= 15 is 0 Å². The van der Waals surface area contributed by atoms with Crippen LogP contribution in [-0.4, -0.2) is 53.1 Å². The van der Waals surface area contributed by atoms with Crippen molar-refractivity contribution in [2.45, 2.75) is 59.0 Å². The lowest BCUT2D eigenvalue weighted by Crippen LogP contribution is -2.51. The zero-order valence-corrected chi connectivity index (χ0v) is 23.3. The molecule has 1 saturated heterocycles. The number of hydrogen-bond acceptors (Lipinski definition) is 5. The van der Waals surface area contributed by atoms with Gasteiger partial charge in [-0.1, -0.05) is 74.0 Å². The fourth-order valence-electron chi connectivity index (χ4n) is 6.35. The SMILES string of the molecule is CCC[C@@H]1C=C[C@H]2[C@H](C(=O)N([C@@H](CO)Cc3ccccc3)[C@@H]2C(=O)Nc2c(C)cccc2C)[C@@H]1C(=O)OCC. The molecule has 0 unspecified atom stereocenters. The van der Waals surface area contributed by atoms with Crippen LogP contribution in [0.4, 0.5) is 5.69 Å². The lowest BCUT2D eigenvalue weighted by Gasteiger charge is -2.34. The summed E-state index contributed by atoms with van der Waals surface area (Å²) in [6.07, 6.45) is 5.92. The van der Waals surface area contributed by atoms with Gasteiger partial charge in [-0.05, 0) is 56.2 Å². The van der Waals surface area contributed by atoms with E-state index < -0.39 is 35.8 Å². The number of likely N-dealkylation sites (tertiary alicyclic amines) is 1. The Bertz CT molecular complexity index is 1190. The number of amides is 2. The Balaban J connectivity index is 1.78. The molecule has 0 radical (unpaired) electrons. The van der Waals surface area contributed by atoms with Crippen LogP contribution in [0.2, 0.25) is 0 Å². The van der Waals surface area contributed by atoms with Gasteiger partial charge in [0.05, 0.1) is 31.1 Å². The van der Waals surface area contributed by atoms with Crippen molar-refractivity contribution in [3.63, 3.8) is 0 Å². The Kier molecular flexibility index (Phi) is 9.23. The van der Waals surface area contributed by atoms with E-state index in [1.165, 1.54) is 0 Å². The van der Waals surface area contributed by atoms with E-state index in [9.17, 15) is 19.5 Å². The predicted octanol–water partition coefficient (Wildman–Crippen LogP) is 4.45. The molecule has 0 saturated carbocycles. The average molecular weight is 533 g/mol. The van der Waals surface area contributed by atoms with Gasteiger partial charge in [-0.25, -0.2) is 0 Å². The van der Waals surface area contributed by atoms with Gasteiger partial charge in [0.25, 0.3) is 0 Å². The average Bonchev–Trinajstić information content (AvgIpc) is 3.22. The second-order valence-electron chi connectivity index (χ2n) is 10.7. The molecule has 1 aliphatic heterocycles. The molecular weight excluding hydrogens is 492 g/mol. The number of carbonyl (C=O) groups is 3. The third-order valence-corrected chi connectivity index (χ3v) is 8.14. The molecule has 6 atom stereocenters. The summed E-state index contributed by atoms with van der Waals surface area (Å²) in [4.78, 5) is 43.2. The highest BCUT2D eigenvalue weighted by Crippen LogP contribution is 2.46. The first kappa shape index (κ1) is 28.6. The molecule has 0 bridgehead atoms. The maximum Gasteiger partial charge on any atom is 0.310 e. The zero-order valence-electron chi connectivity index (χ0n) is 23.3. The molecule has 2 amide bonds. The summed E-state index contributed by atoms with van der Waals surface area (Å²) in [6.45, 7) is 7.58. The molecule has 1 heterocycles. The van der Waals surface area contributed by atoms with Crippen molar-refractivity contribution in [1.29, 1.82) is 0 Å². The van der Waals surface area contributed by atoms with Crippen molar-refractivity contribution in [3.05, 3.63) is 77.4 Å². The standard InChI is InChI=1S/C32H40N2O5/c1-5-11-23-16-17-25-27(26(23)32(38)39-6-2)31(37)34(24(19-35)18-22-14-8-7-9-15-22)29(25)30(36)33-28-20(3)12-10-13-21(28)4/h7-10,12-17,23-27,29,35H,5-6,11,18-19H2,1-4H3,(H,33,36)/t23-,24-,25+,26-,27+,29+/m1/s1. The van der Waals surface area contributed by atoms with E-state index in [-0.39, 0.29) is 30.9 Å². The summed E-state index contributed by atoms with van der Waals surface area (Å²) in [7, 11) is 0. The number of aliphatic hydroxyl groups excluding tert-OH is 1. The molecule has 7 nitrogen and oxygen atoms in total. The minimum Gasteiger partial charge on any atom is -0.466 e. The number of carbonyl (C=O) groups excluding carboxylic acids is 3. The smallest absolute Gasteiger partial charge is 0.310 e. The molecule has 1 aliphatic carbocycles. The quantitative estimate of drug-likeness (QED) is 0.348. The molecule has 2 N–H and O–H groups in total. The number of nitrogens with one attached hydrogen (secondary N) is 1. The maximum atomic E-state index is 14.3. The number of anilines is 1. The molecule has 7 heteroatoms. The number of hydrogen-bond donors (Lipinski definition) is 2. The highest BCUT2D eigenvalue weighted by molar-refractivity contribution is 6.02. The van der Waals surface area contributed by atoms with Crippen LogP contribution in [0.15, 0.2) is 60.7 Å². The molecule has 4 rings (SSSR count). The van der Waals surface area contributed by atoms with Crippen molar-refractivity contribution in [2.24, 2.45) is 23.7 Å². The van der Waals surface area contributed by atoms with Gasteiger partial charge >= 0.3 is 5.97 Å². The van der Waals surface area contributed by atoms with Gasteiger partial charge in [0, 0.05) is 11.6 Å². The minimum atomic E-state index is -0.877. The number of aliphatic hydroxyl groups is 1. The van der Waals surface area contributed by atoms with Gasteiger partial charge in [-0.2, -0.15) is 0 Å². The zero-order chi connectivity index (χ0) is 28.1. The van der Waals surface area contributed by atoms with Gasteiger partial charge in [-0.3, -0.25) is 14.4 Å². The first-order valence-electron chi connectivity index (χ1n) is 14.0. The topological polar surface area (TPSA) is 95.9 Å². The van der Waals surface area contributed by atoms with Gasteiger partial charge < -0.3 is 20.1 Å². The second-order valence-corrected chi connectivity index (χ2v) is 10.7. The predicted molar refractivity (Wildman–Crippen MR) is 151 cm³/mol. The van der Waals surface area contributed by atoms with E-state index in [0.717, 1.165) is 29.5 Å². The fraction of sp³-hybridized carbons (Fsp3) is 0.469. The van der Waals surface area contributed by atoms with Crippen LogP contribution in [0.5, 0.6) is 0 Å². The van der Waals surface area contributed by atoms with E-state index in [4.69, 9.17) is 4.74 Å². The van der Waals surface area contributed by atoms with E-state index in [0.29, 0.717) is 12.1 Å². The number of allylic oxidation sites excluding steroid dienone is 1. The highest BCUT2D eigenvalue weighted by atomic mass is 16.5. The second kappa shape index (κ2) is 12.6. The van der Waals surface area contributed by atoms with Crippen LogP contribution in [-0.2, 0) is 25.5 Å². The lowest BCUT2D eigenvalue weighted by molar-refractivity contribution is -0.156. The van der Waals surface area contributed by atoms with E-state index in [1.54, 1.807) is 11.8 Å². The van der Waals surface area contributed by atoms with Crippen molar-refractivity contribution in [1.82, 2.24) is 4.90 Å². The molecular formula is C32H40N2O5. The number of nitrogens with zero attached hydrogens (tertiary/aromatic N) is 1. The van der Waals surface area contributed by atoms with Gasteiger partial charge in [0.1, 0.15) is 6.04 Å². The Morgan fingerprint density at radius 3 is 2.33 bits per heavy atom. The van der Waals surface area contributed by atoms with Crippen molar-refractivity contribution < 1.29 is 24.2 Å². The molecule has 2 aromatic carbocycles. The minimum absolute atomic E-state index is 0.150. The molecule has 208 valence electrons. The van der Waals surface area contributed by atoms with Crippen molar-refractivity contribution >= 4 is 23.5 Å². The Labute approximate surface area is 231 Å². The van der Waals surface area contributed by atoms with Crippen molar-refractivity contribution in [3.8, 4) is 0 Å². The summed E-state index contributed by atoms with van der Waals surface area (Å²) in [5, 5.41) is 13.6. The monoisotopic (exact) mass is 532 g/mol. The summed E-state index contributed by atoms with van der Waals surface area (Å²) in [6, 6.07) is 13.9.